The van der Waals surface area contributed by atoms with E-state index < -0.39 is 0 Å². The van der Waals surface area contributed by atoms with Crippen LogP contribution in [0.3, 0.4) is 0 Å². The topological polar surface area (TPSA) is 85.3 Å². The molecule has 2 aromatic heterocycles. The first-order valence-corrected chi connectivity index (χ1v) is 9.36. The highest BCUT2D eigenvalue weighted by Gasteiger charge is 2.26. The van der Waals surface area contributed by atoms with E-state index in [1.54, 1.807) is 10.6 Å². The molecule has 8 heteroatoms. The molecule has 1 aliphatic heterocycles. The molecular formula is C19H21N5O3. The fourth-order valence-corrected chi connectivity index (χ4v) is 3.58. The zero-order chi connectivity index (χ0) is 18.4. The van der Waals surface area contributed by atoms with Gasteiger partial charge in [0.2, 0.25) is 0 Å². The predicted octanol–water partition coefficient (Wildman–Crippen LogP) is 1.20. The summed E-state index contributed by atoms with van der Waals surface area (Å²) >= 11 is 0. The second-order valence-corrected chi connectivity index (χ2v) is 7.26. The summed E-state index contributed by atoms with van der Waals surface area (Å²) in [6.45, 7) is 3.60. The molecule has 0 radical (unpaired) electrons. The summed E-state index contributed by atoms with van der Waals surface area (Å²) in [7, 11) is 0. The molecule has 0 atom stereocenters. The molecule has 1 amide bonds. The Morgan fingerprint density at radius 2 is 2.07 bits per heavy atom. The quantitative estimate of drug-likeness (QED) is 0.732. The minimum atomic E-state index is -0.322. The molecule has 0 saturated heterocycles. The highest BCUT2D eigenvalue weighted by atomic mass is 16.4. The van der Waals surface area contributed by atoms with Crippen molar-refractivity contribution >= 4 is 17.0 Å². The number of fused-ring (bicyclic) bond motifs is 2. The van der Waals surface area contributed by atoms with E-state index in [4.69, 9.17) is 4.42 Å². The summed E-state index contributed by atoms with van der Waals surface area (Å²) in [5.74, 6) is -0.403. The monoisotopic (exact) mass is 367 g/mol. The van der Waals surface area contributed by atoms with Crippen LogP contribution in [0.4, 0.5) is 0 Å². The standard InChI is InChI=1S/C19H21N5O3/c25-18(20-13-5-6-13)15-11-14-12-22(8-10-24(14)21-15)7-9-23-16-3-1-2-4-17(16)27-19(23)26/h1-4,11,13H,5-10,12H2,(H,20,25). The number of nitrogens with zero attached hydrogens (tertiary/aromatic N) is 4. The summed E-state index contributed by atoms with van der Waals surface area (Å²) in [6, 6.07) is 9.68. The number of aromatic nitrogens is 3. The van der Waals surface area contributed by atoms with E-state index in [9.17, 15) is 9.59 Å². The van der Waals surface area contributed by atoms with Crippen LogP contribution in [0.1, 0.15) is 29.0 Å². The van der Waals surface area contributed by atoms with Crippen LogP contribution in [-0.4, -0.2) is 44.3 Å². The molecule has 0 spiro atoms. The average molecular weight is 367 g/mol. The summed E-state index contributed by atoms with van der Waals surface area (Å²) in [5, 5.41) is 7.42. The Bertz CT molecular complexity index is 1060. The van der Waals surface area contributed by atoms with Gasteiger partial charge in [-0.1, -0.05) is 12.1 Å². The Morgan fingerprint density at radius 3 is 2.93 bits per heavy atom. The molecular weight excluding hydrogens is 346 g/mol. The number of para-hydroxylation sites is 2. The van der Waals surface area contributed by atoms with Crippen molar-refractivity contribution in [3.05, 3.63) is 52.3 Å². The van der Waals surface area contributed by atoms with Crippen LogP contribution in [0.25, 0.3) is 11.1 Å². The highest BCUT2D eigenvalue weighted by molar-refractivity contribution is 5.92. The molecule has 0 unspecified atom stereocenters. The molecule has 1 fully saturated rings. The van der Waals surface area contributed by atoms with Gasteiger partial charge < -0.3 is 9.73 Å². The van der Waals surface area contributed by atoms with E-state index >= 15 is 0 Å². The number of nitrogens with one attached hydrogen (secondary N) is 1. The summed E-state index contributed by atoms with van der Waals surface area (Å²) in [6.07, 6.45) is 2.13. The van der Waals surface area contributed by atoms with Gasteiger partial charge in [0.25, 0.3) is 5.91 Å². The predicted molar refractivity (Wildman–Crippen MR) is 98.5 cm³/mol. The number of oxazole rings is 1. The van der Waals surface area contributed by atoms with E-state index in [2.05, 4.69) is 15.3 Å². The fraction of sp³-hybridized carbons (Fsp3) is 0.421. The van der Waals surface area contributed by atoms with Crippen molar-refractivity contribution in [3.8, 4) is 0 Å². The average Bonchev–Trinajstić information content (AvgIpc) is 3.27. The summed E-state index contributed by atoms with van der Waals surface area (Å²) in [5.41, 5.74) is 2.97. The van der Waals surface area contributed by atoms with E-state index in [0.717, 1.165) is 43.7 Å². The molecule has 0 bridgehead atoms. The lowest BCUT2D eigenvalue weighted by Gasteiger charge is -2.27. The molecule has 8 nitrogen and oxygen atoms in total. The van der Waals surface area contributed by atoms with Gasteiger partial charge in [-0.15, -0.1) is 0 Å². The Hall–Kier alpha value is -2.87. The molecule has 1 aromatic carbocycles. The third-order valence-electron chi connectivity index (χ3n) is 5.24. The lowest BCUT2D eigenvalue weighted by atomic mass is 10.2. The molecule has 3 aromatic rings. The third-order valence-corrected chi connectivity index (χ3v) is 5.24. The smallest absolute Gasteiger partial charge is 0.408 e. The van der Waals surface area contributed by atoms with Crippen molar-refractivity contribution in [2.24, 2.45) is 0 Å². The van der Waals surface area contributed by atoms with E-state index in [1.807, 2.05) is 28.9 Å². The molecule has 5 rings (SSSR count). The lowest BCUT2D eigenvalue weighted by Crippen LogP contribution is -2.36. The van der Waals surface area contributed by atoms with Crippen molar-refractivity contribution in [1.29, 1.82) is 0 Å². The maximum atomic E-state index is 12.2. The summed E-state index contributed by atoms with van der Waals surface area (Å²) in [4.78, 5) is 26.6. The van der Waals surface area contributed by atoms with Crippen molar-refractivity contribution in [3.63, 3.8) is 0 Å². The number of amides is 1. The van der Waals surface area contributed by atoms with Gasteiger partial charge >= 0.3 is 5.76 Å². The van der Waals surface area contributed by atoms with E-state index in [1.165, 1.54) is 0 Å². The zero-order valence-corrected chi connectivity index (χ0v) is 14.9. The SMILES string of the molecule is O=C(NC1CC1)c1cc2n(n1)CCN(CCn1c(=O)oc3ccccc31)C2. The van der Waals surface area contributed by atoms with Crippen LogP contribution < -0.4 is 11.1 Å². The number of rotatable bonds is 5. The van der Waals surface area contributed by atoms with Gasteiger partial charge in [0, 0.05) is 32.2 Å². The minimum Gasteiger partial charge on any atom is -0.408 e. The Labute approximate surface area is 155 Å². The first-order valence-electron chi connectivity index (χ1n) is 9.36. The molecule has 2 aliphatic rings. The van der Waals surface area contributed by atoms with Gasteiger partial charge in [-0.05, 0) is 31.0 Å². The number of benzene rings is 1. The zero-order valence-electron chi connectivity index (χ0n) is 14.9. The Morgan fingerprint density at radius 1 is 1.22 bits per heavy atom. The molecule has 1 aliphatic carbocycles. The second-order valence-electron chi connectivity index (χ2n) is 7.26. The van der Waals surface area contributed by atoms with Crippen molar-refractivity contribution < 1.29 is 9.21 Å². The van der Waals surface area contributed by atoms with E-state index in [0.29, 0.717) is 30.4 Å². The van der Waals surface area contributed by atoms with Crippen LogP contribution in [-0.2, 0) is 19.6 Å². The number of hydrogen-bond donors (Lipinski definition) is 1. The van der Waals surface area contributed by atoms with Crippen LogP contribution in [0, 0.1) is 0 Å². The number of carbonyl (C=O) groups excluding carboxylic acids is 1. The maximum absolute atomic E-state index is 12.2. The molecule has 1 saturated carbocycles. The van der Waals surface area contributed by atoms with Crippen LogP contribution in [0.5, 0.6) is 0 Å². The minimum absolute atomic E-state index is 0.0811. The van der Waals surface area contributed by atoms with Gasteiger partial charge in [-0.3, -0.25) is 18.9 Å². The lowest BCUT2D eigenvalue weighted by molar-refractivity contribution is 0.0945. The fourth-order valence-electron chi connectivity index (χ4n) is 3.58. The van der Waals surface area contributed by atoms with Gasteiger partial charge in [0.15, 0.2) is 11.3 Å². The first-order chi connectivity index (χ1) is 13.2. The van der Waals surface area contributed by atoms with Crippen LogP contribution in [0.15, 0.2) is 39.5 Å². The maximum Gasteiger partial charge on any atom is 0.419 e. The van der Waals surface area contributed by atoms with Crippen LogP contribution in [0.2, 0.25) is 0 Å². The van der Waals surface area contributed by atoms with Gasteiger partial charge in [0.1, 0.15) is 0 Å². The second kappa shape index (κ2) is 6.38. The Kier molecular flexibility index (Phi) is 3.86. The third kappa shape index (κ3) is 3.16. The molecule has 140 valence electrons. The van der Waals surface area contributed by atoms with Crippen molar-refractivity contribution in [1.82, 2.24) is 24.6 Å². The van der Waals surface area contributed by atoms with Crippen molar-refractivity contribution in [2.75, 3.05) is 13.1 Å². The number of carbonyl (C=O) groups is 1. The molecule has 1 N–H and O–H groups in total. The molecule has 3 heterocycles. The van der Waals surface area contributed by atoms with Crippen molar-refractivity contribution in [2.45, 2.75) is 38.5 Å². The van der Waals surface area contributed by atoms with Gasteiger partial charge in [-0.2, -0.15) is 5.10 Å². The first kappa shape index (κ1) is 16.3. The van der Waals surface area contributed by atoms with Gasteiger partial charge in [0.05, 0.1) is 17.8 Å². The Balaban J connectivity index is 1.27. The largest absolute Gasteiger partial charge is 0.419 e. The van der Waals surface area contributed by atoms with Crippen LogP contribution >= 0.6 is 0 Å². The highest BCUT2D eigenvalue weighted by Crippen LogP contribution is 2.20. The van der Waals surface area contributed by atoms with E-state index in [-0.39, 0.29) is 11.7 Å². The molecule has 27 heavy (non-hydrogen) atoms. The summed E-state index contributed by atoms with van der Waals surface area (Å²) < 4.78 is 8.88. The van der Waals surface area contributed by atoms with Gasteiger partial charge in [-0.25, -0.2) is 4.79 Å². The number of hydrogen-bond acceptors (Lipinski definition) is 5. The normalized spacial score (nSPS) is 17.2.